The second-order valence-electron chi connectivity index (χ2n) is 2.32. The van der Waals surface area contributed by atoms with Crippen LogP contribution in [0.15, 0.2) is 11.0 Å². The Morgan fingerprint density at radius 2 is 2.15 bits per heavy atom. The number of hydrogen-bond donors (Lipinski definition) is 2. The second kappa shape index (κ2) is 3.34. The minimum atomic E-state index is -2.98. The van der Waals surface area contributed by atoms with Crippen LogP contribution in [-0.4, -0.2) is 11.3 Å². The summed E-state index contributed by atoms with van der Waals surface area (Å²) in [5.74, 6) is 0. The van der Waals surface area contributed by atoms with Gasteiger partial charge in [0.05, 0.1) is 11.3 Å². The molecule has 0 atom stereocenters. The number of aromatic nitrogens is 1. The van der Waals surface area contributed by atoms with E-state index in [-0.39, 0.29) is 5.56 Å². The predicted molar refractivity (Wildman–Crippen MR) is 41.8 cm³/mol. The van der Waals surface area contributed by atoms with Crippen LogP contribution >= 0.6 is 0 Å². The van der Waals surface area contributed by atoms with Crippen LogP contribution in [0.5, 0.6) is 0 Å². The lowest BCUT2D eigenvalue weighted by Gasteiger charge is -2.04. The summed E-state index contributed by atoms with van der Waals surface area (Å²) >= 11 is 0. The highest BCUT2D eigenvalue weighted by Crippen LogP contribution is 2.22. The van der Waals surface area contributed by atoms with Gasteiger partial charge in [0.2, 0.25) is 0 Å². The standard InChI is InChI=1S/C7H6F2N2O2/c8-6(9)4-5(10)3(2-12)1-11-7(4)13/h1-2,6H,(H3,10,11,13). The zero-order valence-corrected chi connectivity index (χ0v) is 6.38. The van der Waals surface area contributed by atoms with Gasteiger partial charge in [-0.15, -0.1) is 0 Å². The number of halogens is 2. The summed E-state index contributed by atoms with van der Waals surface area (Å²) in [6.45, 7) is 0. The summed E-state index contributed by atoms with van der Waals surface area (Å²) in [5, 5.41) is 0. The molecule has 0 saturated heterocycles. The molecule has 0 aromatic carbocycles. The summed E-state index contributed by atoms with van der Waals surface area (Å²) < 4.78 is 24.4. The molecular formula is C7H6F2N2O2. The maximum absolute atomic E-state index is 12.2. The second-order valence-corrected chi connectivity index (χ2v) is 2.32. The van der Waals surface area contributed by atoms with E-state index < -0.39 is 23.2 Å². The van der Waals surface area contributed by atoms with Crippen molar-refractivity contribution in [3.63, 3.8) is 0 Å². The molecular weight excluding hydrogens is 182 g/mol. The first-order chi connectivity index (χ1) is 6.07. The first-order valence-electron chi connectivity index (χ1n) is 3.32. The summed E-state index contributed by atoms with van der Waals surface area (Å²) in [6.07, 6.45) is -1.68. The molecule has 3 N–H and O–H groups in total. The number of H-pyrrole nitrogens is 1. The number of anilines is 1. The van der Waals surface area contributed by atoms with E-state index in [9.17, 15) is 18.4 Å². The fourth-order valence-corrected chi connectivity index (χ4v) is 0.891. The van der Waals surface area contributed by atoms with Gasteiger partial charge in [0.25, 0.3) is 12.0 Å². The fourth-order valence-electron chi connectivity index (χ4n) is 0.891. The number of carbonyl (C=O) groups excluding carboxylic acids is 1. The van der Waals surface area contributed by atoms with Crippen LogP contribution in [0, 0.1) is 0 Å². The van der Waals surface area contributed by atoms with Gasteiger partial charge in [-0.2, -0.15) is 0 Å². The SMILES string of the molecule is Nc1c(C=O)c[nH]c(=O)c1C(F)F. The molecule has 1 rings (SSSR count). The van der Waals surface area contributed by atoms with Crippen LogP contribution in [-0.2, 0) is 0 Å². The molecule has 0 amide bonds. The zero-order valence-electron chi connectivity index (χ0n) is 6.38. The number of carbonyl (C=O) groups is 1. The molecule has 0 aliphatic carbocycles. The van der Waals surface area contributed by atoms with Crippen molar-refractivity contribution in [2.24, 2.45) is 0 Å². The van der Waals surface area contributed by atoms with Crippen LogP contribution in [0.4, 0.5) is 14.5 Å². The maximum Gasteiger partial charge on any atom is 0.271 e. The topological polar surface area (TPSA) is 76.0 Å². The molecule has 0 fully saturated rings. The van der Waals surface area contributed by atoms with E-state index in [0.717, 1.165) is 6.20 Å². The minimum absolute atomic E-state index is 0.144. The Bertz CT molecular complexity index is 387. The van der Waals surface area contributed by atoms with Crippen molar-refractivity contribution in [3.05, 3.63) is 27.7 Å². The summed E-state index contributed by atoms with van der Waals surface area (Å²) in [5.41, 5.74) is 2.73. The third-order valence-corrected chi connectivity index (χ3v) is 1.55. The van der Waals surface area contributed by atoms with E-state index in [1.807, 2.05) is 4.98 Å². The number of rotatable bonds is 2. The fraction of sp³-hybridized carbons (Fsp3) is 0.143. The highest BCUT2D eigenvalue weighted by Gasteiger charge is 2.18. The molecule has 0 aliphatic rings. The number of pyridine rings is 1. The monoisotopic (exact) mass is 188 g/mol. The smallest absolute Gasteiger partial charge is 0.271 e. The lowest BCUT2D eigenvalue weighted by molar-refractivity contribution is 0.112. The molecule has 0 radical (unpaired) electrons. The van der Waals surface area contributed by atoms with Crippen molar-refractivity contribution < 1.29 is 13.6 Å². The van der Waals surface area contributed by atoms with Crippen molar-refractivity contribution in [1.29, 1.82) is 0 Å². The number of alkyl halides is 2. The number of nitrogens with one attached hydrogen (secondary N) is 1. The highest BCUT2D eigenvalue weighted by atomic mass is 19.3. The number of hydrogen-bond acceptors (Lipinski definition) is 3. The largest absolute Gasteiger partial charge is 0.398 e. The number of aldehydes is 1. The molecule has 0 spiro atoms. The Morgan fingerprint density at radius 1 is 1.54 bits per heavy atom. The summed E-state index contributed by atoms with van der Waals surface area (Å²) in [7, 11) is 0. The molecule has 6 heteroatoms. The van der Waals surface area contributed by atoms with Crippen molar-refractivity contribution in [1.82, 2.24) is 4.98 Å². The van der Waals surface area contributed by atoms with E-state index in [4.69, 9.17) is 5.73 Å². The van der Waals surface area contributed by atoms with Gasteiger partial charge in [0, 0.05) is 6.20 Å². The quantitative estimate of drug-likeness (QED) is 0.671. The molecule has 13 heavy (non-hydrogen) atoms. The van der Waals surface area contributed by atoms with Gasteiger partial charge in [-0.05, 0) is 0 Å². The average Bonchev–Trinajstić information content (AvgIpc) is 2.04. The number of aromatic amines is 1. The molecule has 0 aliphatic heterocycles. The molecule has 1 aromatic heterocycles. The molecule has 0 saturated carbocycles. The van der Waals surface area contributed by atoms with Crippen LogP contribution in [0.2, 0.25) is 0 Å². The van der Waals surface area contributed by atoms with Gasteiger partial charge in [-0.1, -0.05) is 0 Å². The van der Waals surface area contributed by atoms with Gasteiger partial charge in [-0.3, -0.25) is 9.59 Å². The van der Waals surface area contributed by atoms with Gasteiger partial charge in [-0.25, -0.2) is 8.78 Å². The Morgan fingerprint density at radius 3 is 2.62 bits per heavy atom. The summed E-state index contributed by atoms with van der Waals surface area (Å²) in [6, 6.07) is 0. The molecule has 4 nitrogen and oxygen atoms in total. The van der Waals surface area contributed by atoms with E-state index in [1.54, 1.807) is 0 Å². The van der Waals surface area contributed by atoms with Crippen LogP contribution in [0.3, 0.4) is 0 Å². The van der Waals surface area contributed by atoms with Crippen LogP contribution in [0.25, 0.3) is 0 Å². The zero-order chi connectivity index (χ0) is 10.0. The van der Waals surface area contributed by atoms with Gasteiger partial charge < -0.3 is 10.7 Å². The first kappa shape index (κ1) is 9.37. The highest BCUT2D eigenvalue weighted by molar-refractivity contribution is 5.83. The molecule has 70 valence electrons. The van der Waals surface area contributed by atoms with E-state index >= 15 is 0 Å². The van der Waals surface area contributed by atoms with Crippen LogP contribution in [0.1, 0.15) is 22.3 Å². The average molecular weight is 188 g/mol. The van der Waals surface area contributed by atoms with Gasteiger partial charge >= 0.3 is 0 Å². The third kappa shape index (κ3) is 1.56. The number of nitrogen functional groups attached to an aromatic ring is 1. The van der Waals surface area contributed by atoms with Gasteiger partial charge in [0.1, 0.15) is 5.56 Å². The Kier molecular flexibility index (Phi) is 2.41. The molecule has 1 heterocycles. The molecule has 0 unspecified atom stereocenters. The van der Waals surface area contributed by atoms with Gasteiger partial charge in [0.15, 0.2) is 6.29 Å². The van der Waals surface area contributed by atoms with E-state index in [0.29, 0.717) is 6.29 Å². The third-order valence-electron chi connectivity index (χ3n) is 1.55. The normalized spacial score (nSPS) is 10.4. The lowest BCUT2D eigenvalue weighted by atomic mass is 10.1. The van der Waals surface area contributed by atoms with E-state index in [1.165, 1.54) is 0 Å². The van der Waals surface area contributed by atoms with Crippen LogP contribution < -0.4 is 11.3 Å². The maximum atomic E-state index is 12.2. The Labute approximate surface area is 71.4 Å². The minimum Gasteiger partial charge on any atom is -0.398 e. The number of nitrogens with two attached hydrogens (primary N) is 1. The van der Waals surface area contributed by atoms with Crippen molar-refractivity contribution in [3.8, 4) is 0 Å². The summed E-state index contributed by atoms with van der Waals surface area (Å²) in [4.78, 5) is 23.1. The lowest BCUT2D eigenvalue weighted by Crippen LogP contribution is -2.17. The Hall–Kier alpha value is -1.72. The predicted octanol–water partition coefficient (Wildman–Crippen LogP) is 0.707. The van der Waals surface area contributed by atoms with E-state index in [2.05, 4.69) is 0 Å². The van der Waals surface area contributed by atoms with Crippen molar-refractivity contribution in [2.75, 3.05) is 5.73 Å². The first-order valence-corrected chi connectivity index (χ1v) is 3.32. The molecule has 1 aromatic rings. The Balaban J connectivity index is 3.47. The van der Waals surface area contributed by atoms with Crippen molar-refractivity contribution in [2.45, 2.75) is 6.43 Å². The van der Waals surface area contributed by atoms with Crippen molar-refractivity contribution >= 4 is 12.0 Å². The molecule has 0 bridgehead atoms.